The fourth-order valence-corrected chi connectivity index (χ4v) is 4.11. The van der Waals surface area contributed by atoms with Crippen LogP contribution < -0.4 is 19.9 Å². The molecule has 26 heavy (non-hydrogen) atoms. The maximum atomic E-state index is 11.2. The van der Waals surface area contributed by atoms with Crippen LogP contribution in [0.4, 0.5) is 5.69 Å². The van der Waals surface area contributed by atoms with Gasteiger partial charge >= 0.3 is 0 Å². The highest BCUT2D eigenvalue weighted by Crippen LogP contribution is 2.51. The molecular formula is C21H20NO4-. The van der Waals surface area contributed by atoms with Gasteiger partial charge in [-0.2, -0.15) is 0 Å². The van der Waals surface area contributed by atoms with Gasteiger partial charge in [-0.15, -0.1) is 0 Å². The van der Waals surface area contributed by atoms with Gasteiger partial charge in [0.2, 0.25) is 0 Å². The Morgan fingerprint density at radius 2 is 1.96 bits per heavy atom. The smallest absolute Gasteiger partial charge is 0.124 e. The number of carboxylic acid groups (broad SMARTS) is 1. The van der Waals surface area contributed by atoms with Gasteiger partial charge in [0.05, 0.1) is 26.2 Å². The third-order valence-electron chi connectivity index (χ3n) is 5.37. The zero-order valence-corrected chi connectivity index (χ0v) is 14.7. The van der Waals surface area contributed by atoms with E-state index in [0.717, 1.165) is 34.7 Å². The van der Waals surface area contributed by atoms with E-state index in [1.165, 1.54) is 0 Å². The Kier molecular flexibility index (Phi) is 4.07. The van der Waals surface area contributed by atoms with Crippen molar-refractivity contribution in [3.8, 4) is 11.5 Å². The van der Waals surface area contributed by atoms with Gasteiger partial charge in [0.1, 0.15) is 11.5 Å². The Balaban J connectivity index is 1.80. The highest BCUT2D eigenvalue weighted by atomic mass is 16.5. The monoisotopic (exact) mass is 350 g/mol. The maximum absolute atomic E-state index is 11.2. The number of methoxy groups -OCH3 is 2. The minimum atomic E-state index is -1.15. The number of aromatic carboxylic acids is 1. The van der Waals surface area contributed by atoms with Gasteiger partial charge in [-0.25, -0.2) is 0 Å². The number of carboxylic acids is 1. The SMILES string of the molecule is COc1ccc(OC)c([C@H]2Nc3ccc(C(=O)[O-])cc3[C@H]3C=CC[C@H]32)c1. The second-order valence-corrected chi connectivity index (χ2v) is 6.67. The topological polar surface area (TPSA) is 70.6 Å². The van der Waals surface area contributed by atoms with E-state index in [4.69, 9.17) is 9.47 Å². The van der Waals surface area contributed by atoms with Crippen molar-refractivity contribution in [2.45, 2.75) is 18.4 Å². The lowest BCUT2D eigenvalue weighted by Crippen LogP contribution is -2.30. The van der Waals surface area contributed by atoms with Crippen molar-refractivity contribution in [2.75, 3.05) is 19.5 Å². The van der Waals surface area contributed by atoms with Crippen molar-refractivity contribution in [3.05, 3.63) is 65.2 Å². The lowest BCUT2D eigenvalue weighted by Gasteiger charge is -2.38. The van der Waals surface area contributed by atoms with E-state index in [1.54, 1.807) is 26.4 Å². The number of rotatable bonds is 4. The number of carbonyl (C=O) groups excluding carboxylic acids is 1. The average molecular weight is 350 g/mol. The van der Waals surface area contributed by atoms with Crippen LogP contribution >= 0.6 is 0 Å². The number of anilines is 1. The first-order valence-corrected chi connectivity index (χ1v) is 8.62. The maximum Gasteiger partial charge on any atom is 0.124 e. The fraction of sp³-hybridized carbons (Fsp3) is 0.286. The predicted octanol–water partition coefficient (Wildman–Crippen LogP) is 2.89. The molecule has 0 aromatic heterocycles. The molecule has 0 fully saturated rings. The Labute approximate surface area is 152 Å². The van der Waals surface area contributed by atoms with Gasteiger partial charge in [0.15, 0.2) is 0 Å². The molecule has 5 nitrogen and oxygen atoms in total. The van der Waals surface area contributed by atoms with Crippen molar-refractivity contribution in [1.29, 1.82) is 0 Å². The molecule has 3 atom stereocenters. The number of hydrogen-bond donors (Lipinski definition) is 1. The van der Waals surface area contributed by atoms with Crippen LogP contribution in [0.3, 0.4) is 0 Å². The number of carbonyl (C=O) groups is 1. The Morgan fingerprint density at radius 3 is 2.69 bits per heavy atom. The summed E-state index contributed by atoms with van der Waals surface area (Å²) in [6.45, 7) is 0. The van der Waals surface area contributed by atoms with Crippen LogP contribution in [0.2, 0.25) is 0 Å². The number of fused-ring (bicyclic) bond motifs is 3. The quantitative estimate of drug-likeness (QED) is 0.859. The number of ether oxygens (including phenoxy) is 2. The molecule has 2 aromatic rings. The molecule has 0 unspecified atom stereocenters. The minimum Gasteiger partial charge on any atom is -0.545 e. The van der Waals surface area contributed by atoms with Crippen molar-refractivity contribution in [2.24, 2.45) is 5.92 Å². The van der Waals surface area contributed by atoms with Gasteiger partial charge in [0, 0.05) is 17.2 Å². The van der Waals surface area contributed by atoms with E-state index < -0.39 is 5.97 Å². The van der Waals surface area contributed by atoms with E-state index in [0.29, 0.717) is 0 Å². The van der Waals surface area contributed by atoms with Crippen molar-refractivity contribution in [1.82, 2.24) is 0 Å². The molecule has 0 spiro atoms. The van der Waals surface area contributed by atoms with Crippen LogP contribution in [0.15, 0.2) is 48.6 Å². The minimum absolute atomic E-state index is 0.0429. The predicted molar refractivity (Wildman–Crippen MR) is 96.7 cm³/mol. The van der Waals surface area contributed by atoms with Crippen LogP contribution in [-0.2, 0) is 0 Å². The Bertz CT molecular complexity index is 890. The molecule has 0 saturated heterocycles. The second-order valence-electron chi connectivity index (χ2n) is 6.67. The summed E-state index contributed by atoms with van der Waals surface area (Å²) in [5.41, 5.74) is 3.20. The largest absolute Gasteiger partial charge is 0.545 e. The van der Waals surface area contributed by atoms with E-state index in [-0.39, 0.29) is 23.4 Å². The zero-order chi connectivity index (χ0) is 18.3. The molecule has 0 amide bonds. The van der Waals surface area contributed by atoms with Crippen LogP contribution in [0.5, 0.6) is 11.5 Å². The molecule has 0 bridgehead atoms. The van der Waals surface area contributed by atoms with Gasteiger partial charge in [-0.3, -0.25) is 0 Å². The lowest BCUT2D eigenvalue weighted by atomic mass is 9.76. The number of allylic oxidation sites excluding steroid dienone is 2. The van der Waals surface area contributed by atoms with Gasteiger partial charge in [-0.1, -0.05) is 18.2 Å². The normalized spacial score (nSPS) is 22.9. The third kappa shape index (κ3) is 2.60. The first-order valence-electron chi connectivity index (χ1n) is 8.62. The summed E-state index contributed by atoms with van der Waals surface area (Å²) in [6, 6.07) is 11.0. The van der Waals surface area contributed by atoms with Gasteiger partial charge in [0.25, 0.3) is 0 Å². The Hall–Kier alpha value is -2.95. The molecule has 0 radical (unpaired) electrons. The molecule has 1 N–H and O–H groups in total. The first-order chi connectivity index (χ1) is 12.6. The van der Waals surface area contributed by atoms with E-state index in [9.17, 15) is 9.90 Å². The second kappa shape index (κ2) is 6.41. The van der Waals surface area contributed by atoms with Crippen molar-refractivity contribution >= 4 is 11.7 Å². The molecule has 0 saturated carbocycles. The number of benzene rings is 2. The highest BCUT2D eigenvalue weighted by molar-refractivity contribution is 5.87. The van der Waals surface area contributed by atoms with Crippen LogP contribution in [0, 0.1) is 5.92 Å². The average Bonchev–Trinajstić information content (AvgIpc) is 3.16. The molecule has 134 valence electrons. The number of nitrogens with one attached hydrogen (secondary N) is 1. The molecule has 1 aliphatic heterocycles. The summed E-state index contributed by atoms with van der Waals surface area (Å²) in [7, 11) is 3.31. The van der Waals surface area contributed by atoms with E-state index >= 15 is 0 Å². The van der Waals surface area contributed by atoms with E-state index in [2.05, 4.69) is 17.5 Å². The summed E-state index contributed by atoms with van der Waals surface area (Å²) < 4.78 is 11.0. The zero-order valence-electron chi connectivity index (χ0n) is 14.7. The van der Waals surface area contributed by atoms with Gasteiger partial charge in [-0.05, 0) is 53.8 Å². The summed E-state index contributed by atoms with van der Waals surface area (Å²) in [4.78, 5) is 11.2. The lowest BCUT2D eigenvalue weighted by molar-refractivity contribution is -0.255. The van der Waals surface area contributed by atoms with E-state index in [1.807, 2.05) is 24.3 Å². The standard InChI is InChI=1S/C21H21NO4/c1-25-13-7-9-19(26-2)17(11-13)20-15-5-3-4-14(15)16-10-12(21(23)24)6-8-18(16)22-20/h3-4,6-11,14-15,20,22H,5H2,1-2H3,(H,23,24)/p-1/t14-,15+,20-/m0/s1. The summed E-state index contributed by atoms with van der Waals surface area (Å²) in [6.07, 6.45) is 5.25. The molecular weight excluding hydrogens is 330 g/mol. The van der Waals surface area contributed by atoms with Crippen LogP contribution in [-0.4, -0.2) is 20.2 Å². The first kappa shape index (κ1) is 16.5. The molecule has 5 heteroatoms. The van der Waals surface area contributed by atoms with Crippen LogP contribution in [0.1, 0.15) is 39.9 Å². The number of hydrogen-bond acceptors (Lipinski definition) is 5. The molecule has 4 rings (SSSR count). The van der Waals surface area contributed by atoms with Gasteiger partial charge < -0.3 is 24.7 Å². The molecule has 2 aliphatic rings. The highest BCUT2D eigenvalue weighted by Gasteiger charge is 2.39. The summed E-state index contributed by atoms with van der Waals surface area (Å²) in [5, 5.41) is 14.8. The molecule has 2 aromatic carbocycles. The summed E-state index contributed by atoms with van der Waals surface area (Å²) >= 11 is 0. The Morgan fingerprint density at radius 1 is 1.12 bits per heavy atom. The summed E-state index contributed by atoms with van der Waals surface area (Å²) in [5.74, 6) is 0.877. The third-order valence-corrected chi connectivity index (χ3v) is 5.37. The van der Waals surface area contributed by atoms with Crippen LogP contribution in [0.25, 0.3) is 0 Å². The molecule has 1 heterocycles. The fourth-order valence-electron chi connectivity index (χ4n) is 4.11. The molecule has 1 aliphatic carbocycles. The van der Waals surface area contributed by atoms with Crippen molar-refractivity contribution < 1.29 is 19.4 Å². The van der Waals surface area contributed by atoms with Crippen molar-refractivity contribution in [3.63, 3.8) is 0 Å².